The topological polar surface area (TPSA) is 35.5 Å². The molecule has 152 valence electrons. The molecule has 0 saturated carbocycles. The predicted molar refractivity (Wildman–Crippen MR) is 130 cm³/mol. The van der Waals surface area contributed by atoms with Crippen molar-refractivity contribution in [3.63, 3.8) is 0 Å². The summed E-state index contributed by atoms with van der Waals surface area (Å²) >= 11 is 0. The lowest BCUT2D eigenvalue weighted by atomic mass is 10.00. The molecule has 0 bridgehead atoms. The largest absolute Gasteiger partial charge is 0.519 e. The Morgan fingerprint density at radius 3 is 1.78 bits per heavy atom. The highest BCUT2D eigenvalue weighted by Crippen LogP contribution is 2.30. The summed E-state index contributed by atoms with van der Waals surface area (Å²) in [5.41, 5.74) is 0. The molecule has 0 aliphatic carbocycles. The fourth-order valence-electron chi connectivity index (χ4n) is 4.22. The summed E-state index contributed by atoms with van der Waals surface area (Å²) < 4.78 is 11.0. The van der Waals surface area contributed by atoms with Gasteiger partial charge in [0.2, 0.25) is 0 Å². The average molecular weight is 414 g/mol. The van der Waals surface area contributed by atoms with E-state index in [2.05, 4.69) is 42.5 Å². The highest BCUT2D eigenvalue weighted by Gasteiger charge is 2.11. The number of benzene rings is 6. The summed E-state index contributed by atoms with van der Waals surface area (Å²) in [5.74, 6) is 0.926. The van der Waals surface area contributed by atoms with E-state index in [1.54, 1.807) is 12.1 Å². The first kappa shape index (κ1) is 18.4. The minimum Gasteiger partial charge on any atom is -0.395 e. The molecule has 3 heteroatoms. The lowest BCUT2D eigenvalue weighted by Gasteiger charge is -2.09. The molecular formula is C29H18O3. The minimum atomic E-state index is -0.757. The highest BCUT2D eigenvalue weighted by atomic mass is 16.7. The summed E-state index contributed by atoms with van der Waals surface area (Å²) in [6.45, 7) is 0. The SMILES string of the molecule is O=C(Oc1ccc2cc3cc4ccccc4cc3cc2c1)Oc1cccc2ccccc12. The number of hydrogen-bond acceptors (Lipinski definition) is 3. The van der Waals surface area contributed by atoms with E-state index in [4.69, 9.17) is 9.47 Å². The van der Waals surface area contributed by atoms with Gasteiger partial charge in [0, 0.05) is 5.39 Å². The number of ether oxygens (including phenoxy) is 2. The van der Waals surface area contributed by atoms with Crippen LogP contribution in [0.4, 0.5) is 4.79 Å². The molecule has 0 heterocycles. The van der Waals surface area contributed by atoms with Gasteiger partial charge in [-0.3, -0.25) is 0 Å². The third-order valence-corrected chi connectivity index (χ3v) is 5.78. The number of carbonyl (C=O) groups is 1. The van der Waals surface area contributed by atoms with Gasteiger partial charge in [0.1, 0.15) is 11.5 Å². The molecule has 0 aliphatic rings. The van der Waals surface area contributed by atoms with Gasteiger partial charge in [0.15, 0.2) is 0 Å². The fourth-order valence-corrected chi connectivity index (χ4v) is 4.22. The van der Waals surface area contributed by atoms with Crippen molar-refractivity contribution in [3.05, 3.63) is 109 Å². The summed E-state index contributed by atoms with van der Waals surface area (Å²) in [5, 5.41) is 8.70. The van der Waals surface area contributed by atoms with Crippen molar-refractivity contribution in [2.24, 2.45) is 0 Å². The molecule has 0 radical (unpaired) electrons. The van der Waals surface area contributed by atoms with Crippen LogP contribution in [-0.2, 0) is 0 Å². The van der Waals surface area contributed by atoms with Crippen LogP contribution >= 0.6 is 0 Å². The van der Waals surface area contributed by atoms with Crippen molar-refractivity contribution in [2.45, 2.75) is 0 Å². The number of fused-ring (bicyclic) bond motifs is 4. The van der Waals surface area contributed by atoms with E-state index in [0.29, 0.717) is 11.5 Å². The van der Waals surface area contributed by atoms with Gasteiger partial charge in [-0.05, 0) is 80.2 Å². The molecule has 3 nitrogen and oxygen atoms in total. The quantitative estimate of drug-likeness (QED) is 0.164. The third kappa shape index (κ3) is 3.30. The number of carbonyl (C=O) groups excluding carboxylic acids is 1. The molecule has 6 rings (SSSR count). The van der Waals surface area contributed by atoms with Crippen molar-refractivity contribution in [2.75, 3.05) is 0 Å². The van der Waals surface area contributed by atoms with Crippen LogP contribution in [0.3, 0.4) is 0 Å². The van der Waals surface area contributed by atoms with E-state index < -0.39 is 6.16 Å². The molecule has 0 aromatic heterocycles. The van der Waals surface area contributed by atoms with Crippen LogP contribution in [0, 0.1) is 0 Å². The maximum absolute atomic E-state index is 12.5. The van der Waals surface area contributed by atoms with Crippen molar-refractivity contribution >= 4 is 49.2 Å². The average Bonchev–Trinajstić information content (AvgIpc) is 2.81. The summed E-state index contributed by atoms with van der Waals surface area (Å²) in [6.07, 6.45) is -0.757. The van der Waals surface area contributed by atoms with E-state index in [0.717, 1.165) is 26.9 Å². The second kappa shape index (κ2) is 7.40. The molecule has 0 aliphatic heterocycles. The first-order valence-electron chi connectivity index (χ1n) is 10.5. The molecule has 0 N–H and O–H groups in total. The second-order valence-corrected chi connectivity index (χ2v) is 7.84. The first-order chi connectivity index (χ1) is 15.7. The van der Waals surface area contributed by atoms with Gasteiger partial charge in [-0.25, -0.2) is 4.79 Å². The van der Waals surface area contributed by atoms with E-state index >= 15 is 0 Å². The van der Waals surface area contributed by atoms with Crippen LogP contribution in [0.25, 0.3) is 43.1 Å². The van der Waals surface area contributed by atoms with E-state index in [-0.39, 0.29) is 0 Å². The molecule has 0 spiro atoms. The van der Waals surface area contributed by atoms with Crippen LogP contribution in [0.2, 0.25) is 0 Å². The summed E-state index contributed by atoms with van der Waals surface area (Å²) in [6, 6.07) is 36.0. The molecule has 0 fully saturated rings. The Balaban J connectivity index is 1.31. The van der Waals surface area contributed by atoms with Crippen molar-refractivity contribution in [1.29, 1.82) is 0 Å². The predicted octanol–water partition coefficient (Wildman–Crippen LogP) is 7.88. The Morgan fingerprint density at radius 1 is 0.469 bits per heavy atom. The van der Waals surface area contributed by atoms with Gasteiger partial charge in [-0.15, -0.1) is 0 Å². The molecule has 0 unspecified atom stereocenters. The van der Waals surface area contributed by atoms with Crippen LogP contribution < -0.4 is 9.47 Å². The third-order valence-electron chi connectivity index (χ3n) is 5.78. The second-order valence-electron chi connectivity index (χ2n) is 7.84. The molecule has 6 aromatic carbocycles. The minimum absolute atomic E-state index is 0.447. The number of rotatable bonds is 2. The Bertz CT molecular complexity index is 1640. The van der Waals surface area contributed by atoms with Gasteiger partial charge in [-0.2, -0.15) is 0 Å². The van der Waals surface area contributed by atoms with Gasteiger partial charge in [0.05, 0.1) is 0 Å². The summed E-state index contributed by atoms with van der Waals surface area (Å²) in [4.78, 5) is 12.5. The summed E-state index contributed by atoms with van der Waals surface area (Å²) in [7, 11) is 0. The molecule has 6 aromatic rings. The monoisotopic (exact) mass is 414 g/mol. The number of hydrogen-bond donors (Lipinski definition) is 0. The maximum atomic E-state index is 12.5. The maximum Gasteiger partial charge on any atom is 0.519 e. The Morgan fingerprint density at radius 2 is 1.03 bits per heavy atom. The zero-order valence-corrected chi connectivity index (χ0v) is 17.1. The van der Waals surface area contributed by atoms with Crippen LogP contribution in [0.5, 0.6) is 11.5 Å². The Hall–Kier alpha value is -4.37. The van der Waals surface area contributed by atoms with Gasteiger partial charge >= 0.3 is 6.16 Å². The van der Waals surface area contributed by atoms with E-state index in [9.17, 15) is 4.79 Å². The standard InChI is InChI=1S/C29H18O3/c30-29(32-28-11-5-9-19-6-3-4-10-27(19)28)31-26-13-12-22-16-23-14-20-7-1-2-8-21(20)15-24(23)17-25(22)18-26/h1-18H. The molecule has 0 atom stereocenters. The smallest absolute Gasteiger partial charge is 0.395 e. The van der Waals surface area contributed by atoms with Crippen LogP contribution in [-0.4, -0.2) is 6.16 Å². The Labute approximate surface area is 184 Å². The van der Waals surface area contributed by atoms with Crippen LogP contribution in [0.15, 0.2) is 109 Å². The lowest BCUT2D eigenvalue weighted by molar-refractivity contribution is 0.152. The van der Waals surface area contributed by atoms with E-state index in [1.165, 1.54) is 16.2 Å². The fraction of sp³-hybridized carbons (Fsp3) is 0. The molecular weight excluding hydrogens is 396 g/mol. The zero-order chi connectivity index (χ0) is 21.5. The Kier molecular flexibility index (Phi) is 4.25. The van der Waals surface area contributed by atoms with Crippen molar-refractivity contribution in [3.8, 4) is 11.5 Å². The molecule has 0 saturated heterocycles. The van der Waals surface area contributed by atoms with Crippen LogP contribution in [0.1, 0.15) is 0 Å². The van der Waals surface area contributed by atoms with Gasteiger partial charge in [-0.1, -0.05) is 66.7 Å². The van der Waals surface area contributed by atoms with Gasteiger partial charge in [0.25, 0.3) is 0 Å². The first-order valence-corrected chi connectivity index (χ1v) is 10.5. The highest BCUT2D eigenvalue weighted by molar-refractivity contribution is 6.05. The molecule has 32 heavy (non-hydrogen) atoms. The zero-order valence-electron chi connectivity index (χ0n) is 17.1. The lowest BCUT2D eigenvalue weighted by Crippen LogP contribution is -2.13. The van der Waals surface area contributed by atoms with E-state index in [1.807, 2.05) is 54.6 Å². The van der Waals surface area contributed by atoms with Crippen molar-refractivity contribution < 1.29 is 14.3 Å². The van der Waals surface area contributed by atoms with Gasteiger partial charge < -0.3 is 9.47 Å². The normalized spacial score (nSPS) is 11.2. The molecule has 0 amide bonds. The van der Waals surface area contributed by atoms with Crippen molar-refractivity contribution in [1.82, 2.24) is 0 Å².